The molecule has 2 aliphatic rings. The standard InChI is InChI=1S/C20H29Br/c1-19(2)10-11-20(3,4)17-13-15(8-9-16(17)19)18(21)12-14-6-5-7-14/h8-9,13-14,18H,5-7,10-12H2,1-4H3. The van der Waals surface area contributed by atoms with Crippen molar-refractivity contribution in [3.63, 3.8) is 0 Å². The van der Waals surface area contributed by atoms with Crippen LogP contribution in [0.3, 0.4) is 0 Å². The number of benzene rings is 1. The van der Waals surface area contributed by atoms with Gasteiger partial charge in [-0.15, -0.1) is 0 Å². The van der Waals surface area contributed by atoms with Crippen LogP contribution in [0.4, 0.5) is 0 Å². The molecule has 1 atom stereocenters. The fourth-order valence-corrected chi connectivity index (χ4v) is 4.77. The van der Waals surface area contributed by atoms with E-state index in [0.717, 1.165) is 5.92 Å². The van der Waals surface area contributed by atoms with Crippen molar-refractivity contribution >= 4 is 15.9 Å². The number of hydrogen-bond donors (Lipinski definition) is 0. The van der Waals surface area contributed by atoms with Gasteiger partial charge in [-0.2, -0.15) is 0 Å². The Kier molecular flexibility index (Phi) is 4.01. The molecule has 1 heteroatoms. The minimum atomic E-state index is 0.323. The second-order valence-electron chi connectivity index (χ2n) is 8.57. The van der Waals surface area contributed by atoms with Crippen LogP contribution in [0.5, 0.6) is 0 Å². The summed E-state index contributed by atoms with van der Waals surface area (Å²) in [7, 11) is 0. The molecule has 0 aliphatic heterocycles. The maximum Gasteiger partial charge on any atom is 0.0398 e. The molecule has 0 N–H and O–H groups in total. The highest BCUT2D eigenvalue weighted by Crippen LogP contribution is 2.47. The van der Waals surface area contributed by atoms with Gasteiger partial charge in [-0.25, -0.2) is 0 Å². The molecule has 1 fully saturated rings. The molecule has 0 saturated heterocycles. The molecule has 0 bridgehead atoms. The lowest BCUT2D eigenvalue weighted by atomic mass is 9.63. The SMILES string of the molecule is CC1(C)CCC(C)(C)c2cc(C(Br)CC3CCC3)ccc21. The van der Waals surface area contributed by atoms with Gasteiger partial charge in [-0.1, -0.05) is 81.1 Å². The first-order valence-electron chi connectivity index (χ1n) is 8.59. The highest BCUT2D eigenvalue weighted by molar-refractivity contribution is 9.09. The molecule has 0 heterocycles. The largest absolute Gasteiger partial charge is 0.0839 e. The monoisotopic (exact) mass is 348 g/mol. The lowest BCUT2D eigenvalue weighted by molar-refractivity contribution is 0.295. The molecule has 0 amide bonds. The first-order chi connectivity index (χ1) is 9.79. The molecular weight excluding hydrogens is 320 g/mol. The van der Waals surface area contributed by atoms with Crippen LogP contribution >= 0.6 is 15.9 Å². The third-order valence-electron chi connectivity index (χ3n) is 6.00. The first kappa shape index (κ1) is 15.6. The summed E-state index contributed by atoms with van der Waals surface area (Å²) in [4.78, 5) is 0.536. The third-order valence-corrected chi connectivity index (χ3v) is 6.91. The molecule has 0 spiro atoms. The highest BCUT2D eigenvalue weighted by atomic mass is 79.9. The number of rotatable bonds is 3. The Labute approximate surface area is 138 Å². The van der Waals surface area contributed by atoms with E-state index in [2.05, 4.69) is 61.8 Å². The van der Waals surface area contributed by atoms with Gasteiger partial charge in [0.25, 0.3) is 0 Å². The molecule has 1 aromatic carbocycles. The van der Waals surface area contributed by atoms with Crippen LogP contribution in [0, 0.1) is 5.92 Å². The Morgan fingerprint density at radius 1 is 1.05 bits per heavy atom. The van der Waals surface area contributed by atoms with Crippen LogP contribution in [0.2, 0.25) is 0 Å². The maximum absolute atomic E-state index is 3.96. The van der Waals surface area contributed by atoms with Crippen LogP contribution in [-0.4, -0.2) is 0 Å². The van der Waals surface area contributed by atoms with Crippen LogP contribution in [0.1, 0.15) is 87.7 Å². The Morgan fingerprint density at radius 3 is 2.24 bits per heavy atom. The van der Waals surface area contributed by atoms with Crippen molar-refractivity contribution in [1.29, 1.82) is 0 Å². The summed E-state index contributed by atoms with van der Waals surface area (Å²) < 4.78 is 0. The summed E-state index contributed by atoms with van der Waals surface area (Å²) in [5.74, 6) is 0.954. The number of hydrogen-bond acceptors (Lipinski definition) is 0. The average molecular weight is 349 g/mol. The Balaban J connectivity index is 1.91. The third kappa shape index (κ3) is 2.96. The van der Waals surface area contributed by atoms with E-state index < -0.39 is 0 Å². The lowest BCUT2D eigenvalue weighted by Crippen LogP contribution is -2.33. The van der Waals surface area contributed by atoms with Crippen LogP contribution in [-0.2, 0) is 10.8 Å². The summed E-state index contributed by atoms with van der Waals surface area (Å²) in [5.41, 5.74) is 5.31. The zero-order valence-corrected chi connectivity index (χ0v) is 15.6. The van der Waals surface area contributed by atoms with Gasteiger partial charge in [0.15, 0.2) is 0 Å². The second kappa shape index (κ2) is 5.41. The minimum Gasteiger partial charge on any atom is -0.0839 e. The number of fused-ring (bicyclic) bond motifs is 1. The predicted octanol–water partition coefficient (Wildman–Crippen LogP) is 6.66. The van der Waals surface area contributed by atoms with E-state index in [1.54, 1.807) is 11.1 Å². The van der Waals surface area contributed by atoms with Crippen LogP contribution in [0.25, 0.3) is 0 Å². The normalized spacial score (nSPS) is 25.0. The van der Waals surface area contributed by atoms with E-state index in [4.69, 9.17) is 0 Å². The molecule has 2 aliphatic carbocycles. The van der Waals surface area contributed by atoms with Crippen molar-refractivity contribution in [2.75, 3.05) is 0 Å². The highest BCUT2D eigenvalue weighted by Gasteiger charge is 2.37. The van der Waals surface area contributed by atoms with Crippen LogP contribution in [0.15, 0.2) is 18.2 Å². The van der Waals surface area contributed by atoms with Crippen molar-refractivity contribution in [3.8, 4) is 0 Å². The Hall–Kier alpha value is -0.300. The zero-order chi connectivity index (χ0) is 15.3. The molecule has 1 aromatic rings. The smallest absolute Gasteiger partial charge is 0.0398 e. The Bertz CT molecular complexity index is 523. The minimum absolute atomic E-state index is 0.323. The van der Waals surface area contributed by atoms with Gasteiger partial charge in [-0.05, 0) is 52.7 Å². The molecular formula is C20H29Br. The number of alkyl halides is 1. The zero-order valence-electron chi connectivity index (χ0n) is 14.0. The summed E-state index contributed by atoms with van der Waals surface area (Å²) in [6.07, 6.45) is 8.22. The van der Waals surface area contributed by atoms with Crippen LogP contribution < -0.4 is 0 Å². The van der Waals surface area contributed by atoms with Gasteiger partial charge >= 0.3 is 0 Å². The average Bonchev–Trinajstić information content (AvgIpc) is 2.39. The molecule has 0 aromatic heterocycles. The van der Waals surface area contributed by atoms with Crippen molar-refractivity contribution in [2.24, 2.45) is 5.92 Å². The summed E-state index contributed by atoms with van der Waals surface area (Å²) in [6, 6.07) is 7.30. The predicted molar refractivity (Wildman–Crippen MR) is 95.4 cm³/mol. The molecule has 0 nitrogen and oxygen atoms in total. The van der Waals surface area contributed by atoms with E-state index in [1.165, 1.54) is 44.1 Å². The molecule has 21 heavy (non-hydrogen) atoms. The van der Waals surface area contributed by atoms with Gasteiger partial charge in [0.1, 0.15) is 0 Å². The van der Waals surface area contributed by atoms with Gasteiger partial charge in [-0.3, -0.25) is 0 Å². The number of halogens is 1. The van der Waals surface area contributed by atoms with Gasteiger partial charge in [0.2, 0.25) is 0 Å². The second-order valence-corrected chi connectivity index (χ2v) is 9.68. The van der Waals surface area contributed by atoms with E-state index in [9.17, 15) is 0 Å². The molecule has 1 unspecified atom stereocenters. The lowest BCUT2D eigenvalue weighted by Gasteiger charge is -2.42. The molecule has 116 valence electrons. The summed E-state index contributed by atoms with van der Waals surface area (Å²) in [5, 5.41) is 0. The van der Waals surface area contributed by atoms with E-state index in [0.29, 0.717) is 15.7 Å². The van der Waals surface area contributed by atoms with E-state index in [-0.39, 0.29) is 0 Å². The summed E-state index contributed by atoms with van der Waals surface area (Å²) >= 11 is 3.96. The molecule has 1 saturated carbocycles. The quantitative estimate of drug-likeness (QED) is 0.535. The van der Waals surface area contributed by atoms with Crippen molar-refractivity contribution in [1.82, 2.24) is 0 Å². The fraction of sp³-hybridized carbons (Fsp3) is 0.700. The first-order valence-corrected chi connectivity index (χ1v) is 9.50. The fourth-order valence-electron chi connectivity index (χ4n) is 3.96. The molecule has 3 rings (SSSR count). The van der Waals surface area contributed by atoms with Crippen molar-refractivity contribution in [2.45, 2.75) is 81.9 Å². The molecule has 0 radical (unpaired) electrons. The Morgan fingerprint density at radius 2 is 1.67 bits per heavy atom. The topological polar surface area (TPSA) is 0 Å². The van der Waals surface area contributed by atoms with Gasteiger partial charge in [0, 0.05) is 4.83 Å². The summed E-state index contributed by atoms with van der Waals surface area (Å²) in [6.45, 7) is 9.64. The van der Waals surface area contributed by atoms with E-state index in [1.807, 2.05) is 0 Å². The van der Waals surface area contributed by atoms with Crippen molar-refractivity contribution in [3.05, 3.63) is 34.9 Å². The maximum atomic E-state index is 3.96. The van der Waals surface area contributed by atoms with Gasteiger partial charge in [0.05, 0.1) is 0 Å². The van der Waals surface area contributed by atoms with Crippen molar-refractivity contribution < 1.29 is 0 Å². The van der Waals surface area contributed by atoms with E-state index >= 15 is 0 Å². The van der Waals surface area contributed by atoms with Gasteiger partial charge < -0.3 is 0 Å².